The second kappa shape index (κ2) is 5.20. The minimum Gasteiger partial charge on any atom is -0.495 e. The van der Waals surface area contributed by atoms with Crippen molar-refractivity contribution in [2.24, 2.45) is 5.73 Å². The van der Waals surface area contributed by atoms with Gasteiger partial charge >= 0.3 is 0 Å². The van der Waals surface area contributed by atoms with E-state index in [0.717, 1.165) is 5.56 Å². The fourth-order valence-electron chi connectivity index (χ4n) is 1.57. The van der Waals surface area contributed by atoms with E-state index in [9.17, 15) is 4.79 Å². The first-order valence-electron chi connectivity index (χ1n) is 5.28. The normalized spacial score (nSPS) is 10.4. The van der Waals surface area contributed by atoms with Gasteiger partial charge in [-0.3, -0.25) is 4.79 Å². The maximum atomic E-state index is 11.4. The van der Waals surface area contributed by atoms with E-state index >= 15 is 0 Å². The molecule has 3 N–H and O–H groups in total. The molecule has 0 saturated carbocycles. The third-order valence-electron chi connectivity index (χ3n) is 2.55. The molecule has 1 aromatic heterocycles. The van der Waals surface area contributed by atoms with Crippen LogP contribution >= 0.6 is 11.6 Å². The lowest BCUT2D eigenvalue weighted by Gasteiger charge is -2.06. The summed E-state index contributed by atoms with van der Waals surface area (Å²) in [5.74, 6) is 0.587. The lowest BCUT2D eigenvalue weighted by Crippen LogP contribution is -2.17. The van der Waals surface area contributed by atoms with Crippen molar-refractivity contribution < 1.29 is 4.74 Å². The highest BCUT2D eigenvalue weighted by Crippen LogP contribution is 2.29. The number of halogens is 1. The number of methoxy groups -OCH3 is 1. The molecule has 5 nitrogen and oxygen atoms in total. The first kappa shape index (κ1) is 12.6. The summed E-state index contributed by atoms with van der Waals surface area (Å²) < 4.78 is 5.07. The summed E-state index contributed by atoms with van der Waals surface area (Å²) in [7, 11) is 1.55. The van der Waals surface area contributed by atoms with Crippen molar-refractivity contribution in [1.29, 1.82) is 0 Å². The van der Waals surface area contributed by atoms with Gasteiger partial charge in [0.15, 0.2) is 0 Å². The zero-order chi connectivity index (χ0) is 13.1. The van der Waals surface area contributed by atoms with Crippen LogP contribution in [0.2, 0.25) is 5.02 Å². The van der Waals surface area contributed by atoms with Gasteiger partial charge in [-0.1, -0.05) is 11.6 Å². The van der Waals surface area contributed by atoms with E-state index in [0.29, 0.717) is 22.0 Å². The van der Waals surface area contributed by atoms with Crippen LogP contribution in [0.4, 0.5) is 0 Å². The first-order valence-corrected chi connectivity index (χ1v) is 5.66. The third-order valence-corrected chi connectivity index (χ3v) is 2.84. The Morgan fingerprint density at radius 1 is 1.44 bits per heavy atom. The largest absolute Gasteiger partial charge is 0.495 e. The minimum absolute atomic E-state index is 0.161. The van der Waals surface area contributed by atoms with E-state index < -0.39 is 0 Å². The molecule has 0 amide bonds. The van der Waals surface area contributed by atoms with Gasteiger partial charge in [0.25, 0.3) is 5.56 Å². The molecule has 0 spiro atoms. The number of aromatic amines is 1. The summed E-state index contributed by atoms with van der Waals surface area (Å²) >= 11 is 6.03. The average Bonchev–Trinajstić information content (AvgIpc) is 2.39. The van der Waals surface area contributed by atoms with Gasteiger partial charge in [0.05, 0.1) is 17.8 Å². The Balaban J connectivity index is 2.48. The molecule has 0 bridgehead atoms. The monoisotopic (exact) mass is 265 g/mol. The quantitative estimate of drug-likeness (QED) is 0.882. The van der Waals surface area contributed by atoms with E-state index in [1.165, 1.54) is 0 Å². The summed E-state index contributed by atoms with van der Waals surface area (Å²) in [5.41, 5.74) is 7.08. The minimum atomic E-state index is -0.277. The summed E-state index contributed by atoms with van der Waals surface area (Å²) in [6.45, 7) is 0.161. The van der Waals surface area contributed by atoms with Crippen LogP contribution in [0.5, 0.6) is 5.75 Å². The van der Waals surface area contributed by atoms with E-state index in [-0.39, 0.29) is 12.1 Å². The second-order valence-electron chi connectivity index (χ2n) is 3.66. The van der Waals surface area contributed by atoms with E-state index in [4.69, 9.17) is 22.1 Å². The number of nitrogens with one attached hydrogen (secondary N) is 1. The average molecular weight is 266 g/mol. The van der Waals surface area contributed by atoms with Gasteiger partial charge in [0.1, 0.15) is 5.75 Å². The Morgan fingerprint density at radius 2 is 2.22 bits per heavy atom. The molecule has 0 unspecified atom stereocenters. The van der Waals surface area contributed by atoms with Crippen molar-refractivity contribution >= 4 is 11.6 Å². The highest BCUT2D eigenvalue weighted by molar-refractivity contribution is 6.32. The lowest BCUT2D eigenvalue weighted by molar-refractivity contribution is 0.415. The van der Waals surface area contributed by atoms with Crippen molar-refractivity contribution in [3.63, 3.8) is 0 Å². The fraction of sp³-hybridized carbons (Fsp3) is 0.167. The van der Waals surface area contributed by atoms with Crippen molar-refractivity contribution in [3.05, 3.63) is 45.2 Å². The van der Waals surface area contributed by atoms with Crippen LogP contribution in [0.15, 0.2) is 29.1 Å². The van der Waals surface area contributed by atoms with Crippen LogP contribution in [0.25, 0.3) is 11.3 Å². The van der Waals surface area contributed by atoms with Gasteiger partial charge in [-0.15, -0.1) is 0 Å². The molecule has 0 aliphatic heterocycles. The maximum absolute atomic E-state index is 11.4. The van der Waals surface area contributed by atoms with E-state index in [2.05, 4.69) is 10.2 Å². The van der Waals surface area contributed by atoms with Gasteiger partial charge in [0, 0.05) is 17.7 Å². The molecule has 0 saturated heterocycles. The molecule has 6 heteroatoms. The molecule has 94 valence electrons. The van der Waals surface area contributed by atoms with Gasteiger partial charge in [0.2, 0.25) is 0 Å². The van der Waals surface area contributed by atoms with Crippen molar-refractivity contribution in [2.75, 3.05) is 7.11 Å². The Hall–Kier alpha value is -1.85. The van der Waals surface area contributed by atoms with Crippen LogP contribution < -0.4 is 16.0 Å². The standard InChI is InChI=1S/C12H12ClN3O2/c1-18-11-3-2-7(4-9(11)13)10-5-8(6-14)12(17)16-15-10/h2-5H,6,14H2,1H3,(H,16,17). The third kappa shape index (κ3) is 2.37. The fourth-order valence-corrected chi connectivity index (χ4v) is 1.83. The molecule has 1 aromatic carbocycles. The number of nitrogens with two attached hydrogens (primary N) is 1. The van der Waals surface area contributed by atoms with Gasteiger partial charge in [-0.25, -0.2) is 5.10 Å². The Labute approximate surface area is 109 Å². The van der Waals surface area contributed by atoms with Gasteiger partial charge in [-0.2, -0.15) is 5.10 Å². The van der Waals surface area contributed by atoms with Crippen LogP contribution in [0.3, 0.4) is 0 Å². The topological polar surface area (TPSA) is 81.0 Å². The van der Waals surface area contributed by atoms with Crippen LogP contribution in [-0.2, 0) is 6.54 Å². The molecule has 2 aromatic rings. The number of hydrogen-bond acceptors (Lipinski definition) is 4. The van der Waals surface area contributed by atoms with Gasteiger partial charge in [-0.05, 0) is 24.3 Å². The highest BCUT2D eigenvalue weighted by Gasteiger charge is 2.07. The van der Waals surface area contributed by atoms with Crippen LogP contribution in [0.1, 0.15) is 5.56 Å². The molecule has 1 heterocycles. The second-order valence-corrected chi connectivity index (χ2v) is 4.07. The molecular weight excluding hydrogens is 254 g/mol. The van der Waals surface area contributed by atoms with Crippen LogP contribution in [-0.4, -0.2) is 17.3 Å². The molecular formula is C12H12ClN3O2. The first-order chi connectivity index (χ1) is 8.65. The number of rotatable bonds is 3. The predicted molar refractivity (Wildman–Crippen MR) is 69.7 cm³/mol. The zero-order valence-corrected chi connectivity index (χ0v) is 10.5. The number of H-pyrrole nitrogens is 1. The Bertz CT molecular complexity index is 625. The smallest absolute Gasteiger partial charge is 0.268 e. The molecule has 2 rings (SSSR count). The number of benzene rings is 1. The maximum Gasteiger partial charge on any atom is 0.268 e. The molecule has 0 radical (unpaired) electrons. The van der Waals surface area contributed by atoms with Crippen molar-refractivity contribution in [3.8, 4) is 17.0 Å². The van der Waals surface area contributed by atoms with Gasteiger partial charge < -0.3 is 10.5 Å². The highest BCUT2D eigenvalue weighted by atomic mass is 35.5. The zero-order valence-electron chi connectivity index (χ0n) is 9.74. The van der Waals surface area contributed by atoms with E-state index in [1.807, 2.05) is 6.07 Å². The van der Waals surface area contributed by atoms with Crippen molar-refractivity contribution in [1.82, 2.24) is 10.2 Å². The summed E-state index contributed by atoms with van der Waals surface area (Å²) in [4.78, 5) is 11.4. The Kier molecular flexibility index (Phi) is 3.64. The summed E-state index contributed by atoms with van der Waals surface area (Å²) in [6.07, 6.45) is 0. The molecule has 0 aliphatic carbocycles. The van der Waals surface area contributed by atoms with Crippen molar-refractivity contribution in [2.45, 2.75) is 6.54 Å². The summed E-state index contributed by atoms with van der Waals surface area (Å²) in [5, 5.41) is 6.85. The number of nitrogens with zero attached hydrogens (tertiary/aromatic N) is 1. The predicted octanol–water partition coefficient (Wildman–Crippen LogP) is 1.56. The summed E-state index contributed by atoms with van der Waals surface area (Å²) in [6, 6.07) is 6.93. The number of aromatic nitrogens is 2. The molecule has 0 fully saturated rings. The molecule has 18 heavy (non-hydrogen) atoms. The number of ether oxygens (including phenoxy) is 1. The van der Waals surface area contributed by atoms with E-state index in [1.54, 1.807) is 25.3 Å². The lowest BCUT2D eigenvalue weighted by atomic mass is 10.1. The molecule has 0 aliphatic rings. The number of hydrogen-bond donors (Lipinski definition) is 2. The Morgan fingerprint density at radius 3 is 2.83 bits per heavy atom. The van der Waals surface area contributed by atoms with Crippen LogP contribution in [0, 0.1) is 0 Å². The SMILES string of the molecule is COc1ccc(-c2cc(CN)c(=O)[nH]n2)cc1Cl. The molecule has 0 atom stereocenters.